The average molecular weight is 276 g/mol. The molecule has 0 saturated carbocycles. The van der Waals surface area contributed by atoms with Gasteiger partial charge in [0.05, 0.1) is 5.52 Å². The Morgan fingerprint density at radius 3 is 2.67 bits per heavy atom. The molecular formula is C10H7F3N2O2S. The number of halogens is 3. The molecule has 0 bridgehead atoms. The van der Waals surface area contributed by atoms with Crippen LogP contribution in [0.2, 0.25) is 0 Å². The normalized spacial score (nSPS) is 13.8. The van der Waals surface area contributed by atoms with Crippen molar-refractivity contribution >= 4 is 22.5 Å². The highest BCUT2D eigenvalue weighted by atomic mass is 32.2. The summed E-state index contributed by atoms with van der Waals surface area (Å²) in [5.74, 6) is -2.04. The van der Waals surface area contributed by atoms with E-state index in [-0.39, 0.29) is 10.7 Å². The van der Waals surface area contributed by atoms with Crippen molar-refractivity contribution in [1.82, 2.24) is 9.38 Å². The van der Waals surface area contributed by atoms with Crippen molar-refractivity contribution in [2.75, 3.05) is 6.26 Å². The van der Waals surface area contributed by atoms with Crippen molar-refractivity contribution in [3.05, 3.63) is 30.1 Å². The van der Waals surface area contributed by atoms with Gasteiger partial charge < -0.3 is 4.55 Å². The Bertz CT molecular complexity index is 607. The predicted molar refractivity (Wildman–Crippen MR) is 57.9 cm³/mol. The number of imidazole rings is 1. The van der Waals surface area contributed by atoms with Crippen LogP contribution in [-0.2, 0) is 11.2 Å². The van der Waals surface area contributed by atoms with Crippen LogP contribution in [0.1, 0.15) is 10.5 Å². The van der Waals surface area contributed by atoms with Crippen LogP contribution in [0.15, 0.2) is 29.6 Å². The third-order valence-corrected chi connectivity index (χ3v) is 3.05. The summed E-state index contributed by atoms with van der Waals surface area (Å²) in [6.45, 7) is 0. The number of carbonyl (C=O) groups is 1. The average Bonchev–Trinajstić information content (AvgIpc) is 2.66. The smallest absolute Gasteiger partial charge is 0.456 e. The molecule has 0 spiro atoms. The lowest BCUT2D eigenvalue weighted by atomic mass is 10.2. The van der Waals surface area contributed by atoms with E-state index in [2.05, 4.69) is 4.98 Å². The molecule has 0 fully saturated rings. The van der Waals surface area contributed by atoms with Crippen LogP contribution < -0.4 is 0 Å². The van der Waals surface area contributed by atoms with Gasteiger partial charge in [0.1, 0.15) is 11.9 Å². The fourth-order valence-electron chi connectivity index (χ4n) is 1.51. The van der Waals surface area contributed by atoms with E-state index in [1.54, 1.807) is 6.07 Å². The lowest BCUT2D eigenvalue weighted by Crippen LogP contribution is -2.23. The molecule has 96 valence electrons. The Kier molecular flexibility index (Phi) is 3.07. The molecular weight excluding hydrogens is 269 g/mol. The number of hydrogen-bond donors (Lipinski definition) is 0. The van der Waals surface area contributed by atoms with Gasteiger partial charge in [-0.1, -0.05) is 6.07 Å². The molecule has 2 aromatic heterocycles. The summed E-state index contributed by atoms with van der Waals surface area (Å²) in [7, 11) is 0. The maximum atomic E-state index is 12.4. The topological polar surface area (TPSA) is 57.4 Å². The highest BCUT2D eigenvalue weighted by Gasteiger charge is 2.42. The number of aromatic nitrogens is 2. The van der Waals surface area contributed by atoms with Gasteiger partial charge in [0.25, 0.3) is 5.78 Å². The van der Waals surface area contributed by atoms with Crippen LogP contribution in [-0.4, -0.2) is 32.2 Å². The fourth-order valence-corrected chi connectivity index (χ4v) is 2.17. The minimum atomic E-state index is -5.00. The molecule has 0 radical (unpaired) electrons. The van der Waals surface area contributed by atoms with Crippen molar-refractivity contribution in [2.45, 2.75) is 11.3 Å². The first-order valence-corrected chi connectivity index (χ1v) is 6.30. The molecule has 0 aliphatic carbocycles. The molecule has 8 heteroatoms. The summed E-state index contributed by atoms with van der Waals surface area (Å²) < 4.78 is 49.8. The number of carbonyl (C=O) groups excluding carboxylic acids is 1. The van der Waals surface area contributed by atoms with E-state index in [1.165, 1.54) is 29.0 Å². The third kappa shape index (κ3) is 2.08. The van der Waals surface area contributed by atoms with Gasteiger partial charge in [0.2, 0.25) is 0 Å². The lowest BCUT2D eigenvalue weighted by Gasteiger charge is -2.01. The second-order valence-electron chi connectivity index (χ2n) is 3.48. The van der Waals surface area contributed by atoms with Crippen LogP contribution in [0.5, 0.6) is 0 Å². The highest BCUT2D eigenvalue weighted by molar-refractivity contribution is 7.90. The van der Waals surface area contributed by atoms with Crippen LogP contribution in [0, 0.1) is 0 Å². The Balaban J connectivity index is 2.69. The number of Topliss-reactive ketones (excluding diaryl/α,β-unsaturated/α-hetero) is 1. The van der Waals surface area contributed by atoms with Gasteiger partial charge >= 0.3 is 11.3 Å². The summed E-state index contributed by atoms with van der Waals surface area (Å²) in [6.07, 6.45) is -2.31. The number of fused-ring (bicyclic) bond motifs is 1. The minimum absolute atomic E-state index is 0.00924. The predicted octanol–water partition coefficient (Wildman–Crippen LogP) is 1.82. The number of alkyl halides is 3. The maximum absolute atomic E-state index is 12.4. The van der Waals surface area contributed by atoms with Gasteiger partial charge in [0.15, 0.2) is 0 Å². The summed E-state index contributed by atoms with van der Waals surface area (Å²) in [5, 5.41) is -0.0850. The molecule has 0 aliphatic rings. The number of ketones is 1. The van der Waals surface area contributed by atoms with Gasteiger partial charge in [0, 0.05) is 17.4 Å². The van der Waals surface area contributed by atoms with Gasteiger partial charge in [-0.15, -0.1) is 0 Å². The summed E-state index contributed by atoms with van der Waals surface area (Å²) in [6, 6.07) is 4.35. The van der Waals surface area contributed by atoms with Crippen molar-refractivity contribution in [1.29, 1.82) is 0 Å². The van der Waals surface area contributed by atoms with Crippen LogP contribution in [0.3, 0.4) is 0 Å². The molecule has 4 nitrogen and oxygen atoms in total. The standard InChI is InChI=1S/C10H7F3N2O2S/c1-18(17)9-14-7(8(16)10(11,12)13)6-4-2-3-5-15(6)9/h2-5H,1H3. The zero-order valence-electron chi connectivity index (χ0n) is 9.06. The van der Waals surface area contributed by atoms with E-state index in [4.69, 9.17) is 0 Å². The summed E-state index contributed by atoms with van der Waals surface area (Å²) in [4.78, 5) is 14.8. The van der Waals surface area contributed by atoms with E-state index in [9.17, 15) is 22.5 Å². The van der Waals surface area contributed by atoms with Gasteiger partial charge in [-0.3, -0.25) is 9.20 Å². The molecule has 0 aromatic carbocycles. The number of nitrogens with zero attached hydrogens (tertiary/aromatic N) is 2. The molecule has 2 rings (SSSR count). The Morgan fingerprint density at radius 1 is 1.44 bits per heavy atom. The first-order chi connectivity index (χ1) is 8.32. The Morgan fingerprint density at radius 2 is 2.11 bits per heavy atom. The van der Waals surface area contributed by atoms with Crippen LogP contribution >= 0.6 is 0 Å². The maximum Gasteiger partial charge on any atom is 0.456 e. The van der Waals surface area contributed by atoms with Crippen LogP contribution in [0.4, 0.5) is 13.2 Å². The Hall–Kier alpha value is -1.54. The number of rotatable bonds is 2. The van der Waals surface area contributed by atoms with Crippen molar-refractivity contribution < 1.29 is 22.5 Å². The molecule has 0 N–H and O–H groups in total. The fraction of sp³-hybridized carbons (Fsp3) is 0.200. The van der Waals surface area contributed by atoms with Gasteiger partial charge in [-0.25, -0.2) is 0 Å². The quantitative estimate of drug-likeness (QED) is 0.621. The number of pyridine rings is 1. The van der Waals surface area contributed by atoms with E-state index in [1.807, 2.05) is 0 Å². The molecule has 0 aliphatic heterocycles. The first-order valence-electron chi connectivity index (χ1n) is 4.74. The third-order valence-electron chi connectivity index (χ3n) is 2.25. The summed E-state index contributed by atoms with van der Waals surface area (Å²) in [5.41, 5.74) is -0.738. The summed E-state index contributed by atoms with van der Waals surface area (Å²) >= 11 is -1.59. The van der Waals surface area contributed by atoms with E-state index in [0.29, 0.717) is 0 Å². The molecule has 2 heterocycles. The highest BCUT2D eigenvalue weighted by Crippen LogP contribution is 2.25. The minimum Gasteiger partial charge on any atom is -0.609 e. The zero-order chi connectivity index (χ0) is 13.5. The second-order valence-corrected chi connectivity index (χ2v) is 4.75. The second kappa shape index (κ2) is 4.29. The monoisotopic (exact) mass is 276 g/mol. The number of hydrogen-bond acceptors (Lipinski definition) is 3. The molecule has 0 amide bonds. The molecule has 18 heavy (non-hydrogen) atoms. The van der Waals surface area contributed by atoms with Crippen molar-refractivity contribution in [2.24, 2.45) is 0 Å². The molecule has 2 aromatic rings. The van der Waals surface area contributed by atoms with E-state index >= 15 is 0 Å². The van der Waals surface area contributed by atoms with Gasteiger partial charge in [-0.2, -0.15) is 18.2 Å². The van der Waals surface area contributed by atoms with E-state index < -0.39 is 28.8 Å². The largest absolute Gasteiger partial charge is 0.609 e. The first kappa shape index (κ1) is 12.9. The van der Waals surface area contributed by atoms with Gasteiger partial charge in [-0.05, 0) is 12.1 Å². The SMILES string of the molecule is C[S+]([O-])c1nc(C(=O)C(F)(F)F)c2ccccn12. The van der Waals surface area contributed by atoms with E-state index in [0.717, 1.165) is 0 Å². The molecule has 1 atom stereocenters. The van der Waals surface area contributed by atoms with Crippen molar-refractivity contribution in [3.8, 4) is 0 Å². The Labute approximate surface area is 103 Å². The van der Waals surface area contributed by atoms with Crippen molar-refractivity contribution in [3.63, 3.8) is 0 Å². The van der Waals surface area contributed by atoms with Crippen LogP contribution in [0.25, 0.3) is 5.52 Å². The molecule has 0 saturated heterocycles. The lowest BCUT2D eigenvalue weighted by molar-refractivity contribution is -0.0887. The zero-order valence-corrected chi connectivity index (χ0v) is 9.88. The molecule has 1 unspecified atom stereocenters.